The van der Waals surface area contributed by atoms with Gasteiger partial charge in [-0.3, -0.25) is 4.79 Å². The van der Waals surface area contributed by atoms with E-state index in [4.69, 9.17) is 18.9 Å². The number of hydrogen-bond donors (Lipinski definition) is 9. The van der Waals surface area contributed by atoms with Gasteiger partial charge >= 0.3 is 0 Å². The molecule has 2 rings (SSSR count). The van der Waals surface area contributed by atoms with Gasteiger partial charge in [-0.25, -0.2) is 0 Å². The molecule has 498 valence electrons. The molecular weight excluding hydrogens is 1070 g/mol. The molecule has 1 amide bonds. The van der Waals surface area contributed by atoms with E-state index in [-0.39, 0.29) is 18.9 Å². The summed E-state index contributed by atoms with van der Waals surface area (Å²) < 4.78 is 22.8. The minimum Gasteiger partial charge on any atom is -0.394 e. The SMILES string of the molecule is CCCCCCC/C=C\C/C=C\CCCCCCCCCCCCCCCCCCCCCCCCCCCC(=O)NC(COC1OC(CO)C(OC2OC(CO)C(O)C(O)C2O)C(O)C1O)C(O)/C=C/CC/C=C/CCCCCCCCCC. The topological polar surface area (TPSA) is 228 Å². The van der Waals surface area contributed by atoms with Gasteiger partial charge in [-0.1, -0.05) is 281 Å². The lowest BCUT2D eigenvalue weighted by molar-refractivity contribution is -0.359. The molecule has 0 aromatic carbocycles. The molecule has 0 spiro atoms. The van der Waals surface area contributed by atoms with Crippen LogP contribution < -0.4 is 5.32 Å². The van der Waals surface area contributed by atoms with Gasteiger partial charge in [0.1, 0.15) is 48.8 Å². The Morgan fingerprint density at radius 1 is 0.424 bits per heavy atom. The number of rotatable bonds is 58. The molecule has 0 aromatic heterocycles. The second kappa shape index (κ2) is 56.0. The summed E-state index contributed by atoms with van der Waals surface area (Å²) in [6.07, 6.45) is 56.3. The lowest BCUT2D eigenvalue weighted by Gasteiger charge is -2.46. The van der Waals surface area contributed by atoms with Crippen molar-refractivity contribution in [3.8, 4) is 0 Å². The number of ether oxygens (including phenoxy) is 4. The minimum absolute atomic E-state index is 0.245. The molecule has 9 N–H and O–H groups in total. The van der Waals surface area contributed by atoms with E-state index in [1.165, 1.54) is 231 Å². The predicted octanol–water partition coefficient (Wildman–Crippen LogP) is 14.3. The highest BCUT2D eigenvalue weighted by molar-refractivity contribution is 5.76. The standard InChI is InChI=1S/C71H131NO13/c1-3-5-7-9-11-13-15-17-19-20-21-22-23-24-25-26-27-28-29-30-31-32-33-34-35-36-37-38-39-40-41-43-45-47-49-51-53-55-63(76)72-59(60(75)54-52-50-48-46-44-42-18-16-14-12-10-8-6-4-2)58-82-70-68(81)66(79)69(62(57-74)84-70)85-71-67(80)65(78)64(77)61(56-73)83-71/h15,17,20-21,44,46,52,54,59-62,64-71,73-75,77-81H,3-14,16,18-19,22-43,45,47-51,53,55-58H2,1-2H3,(H,72,76)/b17-15-,21-20-,46-44+,54-52+. The maximum atomic E-state index is 13.3. The van der Waals surface area contributed by atoms with Crippen molar-refractivity contribution in [3.63, 3.8) is 0 Å². The molecule has 2 fully saturated rings. The maximum Gasteiger partial charge on any atom is 0.220 e. The van der Waals surface area contributed by atoms with E-state index in [9.17, 15) is 45.6 Å². The Kier molecular flexibility index (Phi) is 52.1. The van der Waals surface area contributed by atoms with Gasteiger partial charge in [0, 0.05) is 6.42 Å². The Morgan fingerprint density at radius 3 is 1.22 bits per heavy atom. The third-order valence-electron chi connectivity index (χ3n) is 17.2. The molecule has 0 saturated carbocycles. The quantitative estimate of drug-likeness (QED) is 0.0204. The summed E-state index contributed by atoms with van der Waals surface area (Å²) in [7, 11) is 0. The molecule has 12 atom stereocenters. The van der Waals surface area contributed by atoms with E-state index in [0.29, 0.717) is 12.8 Å². The smallest absolute Gasteiger partial charge is 0.220 e. The fourth-order valence-corrected chi connectivity index (χ4v) is 11.6. The van der Waals surface area contributed by atoms with E-state index >= 15 is 0 Å². The first kappa shape index (κ1) is 79.0. The third kappa shape index (κ3) is 40.3. The normalized spacial score (nSPS) is 23.8. The summed E-state index contributed by atoms with van der Waals surface area (Å²) in [5.74, 6) is -0.245. The Labute approximate surface area is 518 Å². The zero-order chi connectivity index (χ0) is 61.6. The lowest BCUT2D eigenvalue weighted by atomic mass is 9.97. The predicted molar refractivity (Wildman–Crippen MR) is 346 cm³/mol. The number of unbranched alkanes of at least 4 members (excludes halogenated alkanes) is 39. The van der Waals surface area contributed by atoms with Crippen LogP contribution in [0.3, 0.4) is 0 Å². The van der Waals surface area contributed by atoms with Crippen molar-refractivity contribution in [2.24, 2.45) is 0 Å². The van der Waals surface area contributed by atoms with Gasteiger partial charge in [0.25, 0.3) is 0 Å². The zero-order valence-electron chi connectivity index (χ0n) is 54.1. The van der Waals surface area contributed by atoms with Crippen LogP contribution in [-0.2, 0) is 23.7 Å². The average Bonchev–Trinajstić information content (AvgIpc) is 3.65. The van der Waals surface area contributed by atoms with Gasteiger partial charge in [-0.05, 0) is 64.2 Å². The fourth-order valence-electron chi connectivity index (χ4n) is 11.6. The molecule has 12 unspecified atom stereocenters. The van der Waals surface area contributed by atoms with Crippen molar-refractivity contribution >= 4 is 5.91 Å². The van der Waals surface area contributed by atoms with Crippen LogP contribution in [0.1, 0.15) is 303 Å². The average molecular weight is 1210 g/mol. The molecule has 14 heteroatoms. The van der Waals surface area contributed by atoms with Crippen LogP contribution in [0.5, 0.6) is 0 Å². The van der Waals surface area contributed by atoms with Crippen LogP contribution in [-0.4, -0.2) is 140 Å². The summed E-state index contributed by atoms with van der Waals surface area (Å²) in [6.45, 7) is 2.78. The molecular formula is C71H131NO13. The highest BCUT2D eigenvalue weighted by Crippen LogP contribution is 2.30. The number of nitrogens with one attached hydrogen (secondary N) is 1. The van der Waals surface area contributed by atoms with Crippen LogP contribution in [0.15, 0.2) is 48.6 Å². The van der Waals surface area contributed by atoms with E-state index in [0.717, 1.165) is 38.5 Å². The Hall–Kier alpha value is -2.05. The third-order valence-corrected chi connectivity index (χ3v) is 17.2. The molecule has 2 saturated heterocycles. The van der Waals surface area contributed by atoms with E-state index in [1.807, 2.05) is 6.08 Å². The molecule has 0 aromatic rings. The van der Waals surface area contributed by atoms with Gasteiger partial charge in [0.15, 0.2) is 12.6 Å². The molecule has 0 aliphatic carbocycles. The summed E-state index contributed by atoms with van der Waals surface area (Å²) in [5.41, 5.74) is 0. The number of carbonyl (C=O) groups excluding carboxylic acids is 1. The van der Waals surface area contributed by atoms with Crippen molar-refractivity contribution in [3.05, 3.63) is 48.6 Å². The second-order valence-corrected chi connectivity index (χ2v) is 25.0. The number of hydrogen-bond acceptors (Lipinski definition) is 13. The first-order valence-electron chi connectivity index (χ1n) is 35.4. The maximum absolute atomic E-state index is 13.3. The first-order valence-corrected chi connectivity index (χ1v) is 35.4. The summed E-state index contributed by atoms with van der Waals surface area (Å²) in [6, 6.07) is -0.930. The number of allylic oxidation sites excluding steroid dienone is 7. The Balaban J connectivity index is 1.58. The summed E-state index contributed by atoms with van der Waals surface area (Å²) >= 11 is 0. The molecule has 0 radical (unpaired) electrons. The Bertz CT molecular complexity index is 1610. The highest BCUT2D eigenvalue weighted by atomic mass is 16.7. The second-order valence-electron chi connectivity index (χ2n) is 25.0. The number of amides is 1. The van der Waals surface area contributed by atoms with E-state index in [1.54, 1.807) is 6.08 Å². The lowest BCUT2D eigenvalue weighted by Crippen LogP contribution is -2.65. The summed E-state index contributed by atoms with van der Waals surface area (Å²) in [4.78, 5) is 13.3. The van der Waals surface area contributed by atoms with Crippen LogP contribution >= 0.6 is 0 Å². The number of aliphatic hydroxyl groups excluding tert-OH is 8. The molecule has 14 nitrogen and oxygen atoms in total. The molecule has 2 aliphatic heterocycles. The van der Waals surface area contributed by atoms with Crippen molar-refractivity contribution in [2.45, 2.75) is 376 Å². The molecule has 0 bridgehead atoms. The first-order chi connectivity index (χ1) is 41.6. The largest absolute Gasteiger partial charge is 0.394 e. The van der Waals surface area contributed by atoms with Crippen molar-refractivity contribution in [1.29, 1.82) is 0 Å². The van der Waals surface area contributed by atoms with E-state index in [2.05, 4.69) is 55.6 Å². The van der Waals surface area contributed by atoms with Crippen molar-refractivity contribution in [2.75, 3.05) is 19.8 Å². The monoisotopic (exact) mass is 1210 g/mol. The van der Waals surface area contributed by atoms with Crippen LogP contribution in [0.25, 0.3) is 0 Å². The number of aliphatic hydroxyl groups is 8. The zero-order valence-corrected chi connectivity index (χ0v) is 54.1. The van der Waals surface area contributed by atoms with Crippen molar-refractivity contribution in [1.82, 2.24) is 5.32 Å². The van der Waals surface area contributed by atoms with Gasteiger partial charge in [0.05, 0.1) is 32.0 Å². The van der Waals surface area contributed by atoms with Crippen LogP contribution in [0.2, 0.25) is 0 Å². The highest BCUT2D eigenvalue weighted by Gasteiger charge is 2.51. The van der Waals surface area contributed by atoms with Gasteiger partial charge < -0.3 is 65.1 Å². The molecule has 85 heavy (non-hydrogen) atoms. The molecule has 2 heterocycles. The number of carbonyl (C=O) groups is 1. The van der Waals surface area contributed by atoms with Crippen LogP contribution in [0, 0.1) is 0 Å². The van der Waals surface area contributed by atoms with Crippen LogP contribution in [0.4, 0.5) is 0 Å². The fraction of sp³-hybridized carbons (Fsp3) is 0.873. The van der Waals surface area contributed by atoms with Gasteiger partial charge in [-0.2, -0.15) is 0 Å². The van der Waals surface area contributed by atoms with Crippen molar-refractivity contribution < 1.29 is 64.6 Å². The van der Waals surface area contributed by atoms with Gasteiger partial charge in [0.2, 0.25) is 5.91 Å². The molecule has 2 aliphatic rings. The minimum atomic E-state index is -1.79. The van der Waals surface area contributed by atoms with Gasteiger partial charge in [-0.15, -0.1) is 0 Å². The Morgan fingerprint density at radius 2 is 0.788 bits per heavy atom. The summed E-state index contributed by atoms with van der Waals surface area (Å²) in [5, 5.41) is 87.2. The van der Waals surface area contributed by atoms with E-state index < -0.39 is 86.8 Å².